The highest BCUT2D eigenvalue weighted by Gasteiger charge is 2.30. The van der Waals surface area contributed by atoms with E-state index in [9.17, 15) is 27.6 Å². The fourth-order valence-corrected chi connectivity index (χ4v) is 2.89. The lowest BCUT2D eigenvalue weighted by Gasteiger charge is -2.13. The molecular weight excluding hydrogens is 477 g/mol. The average Bonchev–Trinajstić information content (AvgIpc) is 2.81. The zero-order valence-electron chi connectivity index (χ0n) is 17.2. The first-order chi connectivity index (χ1) is 16.1. The molecule has 12 heteroatoms. The van der Waals surface area contributed by atoms with Gasteiger partial charge in [-0.05, 0) is 42.5 Å². The van der Waals surface area contributed by atoms with Gasteiger partial charge in [0.25, 0.3) is 11.8 Å². The minimum Gasteiger partial charge on any atom is -0.452 e. The molecule has 0 spiro atoms. The van der Waals surface area contributed by atoms with Crippen LogP contribution in [-0.2, 0) is 15.7 Å². The third-order valence-corrected chi connectivity index (χ3v) is 4.58. The third kappa shape index (κ3) is 6.45. The Morgan fingerprint density at radius 1 is 0.941 bits per heavy atom. The molecule has 2 amide bonds. The van der Waals surface area contributed by atoms with Crippen LogP contribution in [-0.4, -0.2) is 29.4 Å². The van der Waals surface area contributed by atoms with Crippen LogP contribution in [0.3, 0.4) is 0 Å². The maximum atomic E-state index is 12.9. The van der Waals surface area contributed by atoms with Crippen LogP contribution in [0.25, 0.3) is 0 Å². The molecule has 2 aromatic carbocycles. The van der Waals surface area contributed by atoms with Crippen molar-refractivity contribution in [1.29, 1.82) is 0 Å². The number of rotatable bonds is 6. The van der Waals surface area contributed by atoms with Gasteiger partial charge >= 0.3 is 12.1 Å². The van der Waals surface area contributed by atoms with Gasteiger partial charge in [-0.15, -0.1) is 0 Å². The normalized spacial score (nSPS) is 10.8. The molecule has 0 saturated heterocycles. The first-order valence-corrected chi connectivity index (χ1v) is 9.93. The lowest BCUT2D eigenvalue weighted by atomic mass is 10.2. The Hall–Kier alpha value is -4.12. The van der Waals surface area contributed by atoms with Gasteiger partial charge in [0.2, 0.25) is 0 Å². The molecule has 0 bridgehead atoms. The molecule has 0 saturated carbocycles. The lowest BCUT2D eigenvalue weighted by Crippen LogP contribution is -2.43. The molecular formula is C22H16ClF3N4O4. The highest BCUT2D eigenvalue weighted by atomic mass is 35.5. The minimum absolute atomic E-state index is 0.0441. The van der Waals surface area contributed by atoms with Crippen LogP contribution in [0.4, 0.5) is 24.7 Å². The van der Waals surface area contributed by atoms with Crippen molar-refractivity contribution in [2.24, 2.45) is 0 Å². The molecule has 0 unspecified atom stereocenters. The zero-order valence-corrected chi connectivity index (χ0v) is 17.9. The van der Waals surface area contributed by atoms with Gasteiger partial charge in [0, 0.05) is 11.9 Å². The number of hydrogen-bond donors (Lipinski definition) is 3. The molecule has 0 atom stereocenters. The summed E-state index contributed by atoms with van der Waals surface area (Å²) in [7, 11) is 0. The number of alkyl halides is 3. The minimum atomic E-state index is -4.54. The Kier molecular flexibility index (Phi) is 7.69. The van der Waals surface area contributed by atoms with Crippen LogP contribution in [0.1, 0.15) is 26.3 Å². The number of esters is 1. The molecule has 3 N–H and O–H groups in total. The maximum Gasteiger partial charge on any atom is 0.416 e. The van der Waals surface area contributed by atoms with Crippen molar-refractivity contribution in [2.75, 3.05) is 11.9 Å². The van der Waals surface area contributed by atoms with E-state index < -0.39 is 36.1 Å². The monoisotopic (exact) mass is 492 g/mol. The smallest absolute Gasteiger partial charge is 0.416 e. The first-order valence-electron chi connectivity index (χ1n) is 9.55. The lowest BCUT2D eigenvalue weighted by molar-refractivity contribution is -0.137. The Balaban J connectivity index is 1.59. The largest absolute Gasteiger partial charge is 0.452 e. The second kappa shape index (κ2) is 10.7. The molecule has 3 rings (SSSR count). The number of nitrogens with one attached hydrogen (secondary N) is 3. The van der Waals surface area contributed by atoms with Gasteiger partial charge in [0.05, 0.1) is 16.1 Å². The molecule has 1 aromatic heterocycles. The van der Waals surface area contributed by atoms with Crippen LogP contribution in [0.2, 0.25) is 5.02 Å². The van der Waals surface area contributed by atoms with Crippen LogP contribution in [0, 0.1) is 0 Å². The van der Waals surface area contributed by atoms with E-state index in [0.717, 1.165) is 12.1 Å². The molecule has 176 valence electrons. The summed E-state index contributed by atoms with van der Waals surface area (Å²) < 4.78 is 43.7. The topological polar surface area (TPSA) is 109 Å². The fourth-order valence-electron chi connectivity index (χ4n) is 2.66. The standard InChI is InChI=1S/C22H16ClF3N4O4/c23-17-9-2-1-7-15(17)20(32)30-29-18(31)12-34-21(33)16-8-4-10-27-19(16)28-14-6-3-5-13(11-14)22(24,25)26/h1-11H,12H2,(H,27,28)(H,29,31)(H,30,32). The van der Waals surface area contributed by atoms with Crippen LogP contribution in [0.15, 0.2) is 66.9 Å². The summed E-state index contributed by atoms with van der Waals surface area (Å²) in [6.07, 6.45) is -3.22. The number of ether oxygens (including phenoxy) is 1. The van der Waals surface area contributed by atoms with Gasteiger partial charge in [-0.3, -0.25) is 20.4 Å². The van der Waals surface area contributed by atoms with E-state index in [1.807, 2.05) is 0 Å². The Morgan fingerprint density at radius 2 is 1.68 bits per heavy atom. The van der Waals surface area contributed by atoms with E-state index in [-0.39, 0.29) is 27.7 Å². The highest BCUT2D eigenvalue weighted by molar-refractivity contribution is 6.33. The van der Waals surface area contributed by atoms with E-state index in [1.165, 1.54) is 42.6 Å². The van der Waals surface area contributed by atoms with Crippen molar-refractivity contribution in [3.8, 4) is 0 Å². The summed E-state index contributed by atoms with van der Waals surface area (Å²) in [5.74, 6) is -2.55. The summed E-state index contributed by atoms with van der Waals surface area (Å²) in [6, 6.07) is 13.2. The van der Waals surface area contributed by atoms with E-state index in [1.54, 1.807) is 12.1 Å². The Bertz CT molecular complexity index is 1220. The SMILES string of the molecule is O=C(COC(=O)c1cccnc1Nc1cccc(C(F)(F)F)c1)NNC(=O)c1ccccc1Cl. The third-order valence-electron chi connectivity index (χ3n) is 4.25. The van der Waals surface area contributed by atoms with E-state index >= 15 is 0 Å². The van der Waals surface area contributed by atoms with Crippen molar-refractivity contribution in [3.05, 3.63) is 88.6 Å². The number of benzene rings is 2. The predicted molar refractivity (Wildman–Crippen MR) is 116 cm³/mol. The summed E-state index contributed by atoms with van der Waals surface area (Å²) >= 11 is 5.90. The number of carbonyl (C=O) groups excluding carboxylic acids is 3. The van der Waals surface area contributed by atoms with Gasteiger partial charge in [0.15, 0.2) is 6.61 Å². The second-order valence-corrected chi connectivity index (χ2v) is 7.07. The maximum absolute atomic E-state index is 12.9. The quantitative estimate of drug-likeness (QED) is 0.353. The number of amides is 2. The summed E-state index contributed by atoms with van der Waals surface area (Å²) in [6.45, 7) is -0.750. The van der Waals surface area contributed by atoms with Crippen molar-refractivity contribution >= 4 is 40.9 Å². The molecule has 1 heterocycles. The number of carbonyl (C=O) groups is 3. The number of halogens is 4. The molecule has 0 fully saturated rings. The fraction of sp³-hybridized carbons (Fsp3) is 0.0909. The number of aromatic nitrogens is 1. The van der Waals surface area contributed by atoms with E-state index in [2.05, 4.69) is 21.2 Å². The highest BCUT2D eigenvalue weighted by Crippen LogP contribution is 2.31. The molecule has 0 radical (unpaired) electrons. The van der Waals surface area contributed by atoms with Gasteiger partial charge in [0.1, 0.15) is 11.4 Å². The van der Waals surface area contributed by atoms with Crippen LogP contribution >= 0.6 is 11.6 Å². The van der Waals surface area contributed by atoms with E-state index in [4.69, 9.17) is 16.3 Å². The summed E-state index contributed by atoms with van der Waals surface area (Å²) in [5.41, 5.74) is 3.38. The Morgan fingerprint density at radius 3 is 2.41 bits per heavy atom. The molecule has 0 aliphatic carbocycles. The number of hydrazine groups is 1. The predicted octanol–water partition coefficient (Wildman–Crippen LogP) is 4.12. The van der Waals surface area contributed by atoms with Crippen LogP contribution in [0.5, 0.6) is 0 Å². The average molecular weight is 493 g/mol. The van der Waals surface area contributed by atoms with E-state index in [0.29, 0.717) is 0 Å². The number of hydrogen-bond acceptors (Lipinski definition) is 6. The van der Waals surface area contributed by atoms with Gasteiger partial charge in [-0.2, -0.15) is 13.2 Å². The van der Waals surface area contributed by atoms with Gasteiger partial charge in [-0.1, -0.05) is 29.8 Å². The number of nitrogens with zero attached hydrogens (tertiary/aromatic N) is 1. The molecule has 3 aromatic rings. The number of pyridine rings is 1. The molecule has 8 nitrogen and oxygen atoms in total. The number of anilines is 2. The Labute approximate surface area is 196 Å². The van der Waals surface area contributed by atoms with Crippen molar-refractivity contribution in [1.82, 2.24) is 15.8 Å². The van der Waals surface area contributed by atoms with Crippen LogP contribution < -0.4 is 16.2 Å². The van der Waals surface area contributed by atoms with Gasteiger partial charge < -0.3 is 10.1 Å². The molecule has 34 heavy (non-hydrogen) atoms. The van der Waals surface area contributed by atoms with Crippen molar-refractivity contribution in [2.45, 2.75) is 6.18 Å². The molecule has 0 aliphatic rings. The second-order valence-electron chi connectivity index (χ2n) is 6.66. The zero-order chi connectivity index (χ0) is 24.7. The van der Waals surface area contributed by atoms with Gasteiger partial charge in [-0.25, -0.2) is 9.78 Å². The molecule has 0 aliphatic heterocycles. The van der Waals surface area contributed by atoms with Crippen molar-refractivity contribution in [3.63, 3.8) is 0 Å². The summed E-state index contributed by atoms with van der Waals surface area (Å²) in [5, 5.41) is 2.81. The first kappa shape index (κ1) is 24.5. The summed E-state index contributed by atoms with van der Waals surface area (Å²) in [4.78, 5) is 40.3. The van der Waals surface area contributed by atoms with Crippen molar-refractivity contribution < 1.29 is 32.3 Å².